The molecule has 2 aromatic carbocycles. The molecule has 0 radical (unpaired) electrons. The summed E-state index contributed by atoms with van der Waals surface area (Å²) in [6, 6.07) is 16.6. The van der Waals surface area contributed by atoms with Crippen LogP contribution in [0, 0.1) is 17.8 Å². The summed E-state index contributed by atoms with van der Waals surface area (Å²) in [7, 11) is -2.46. The predicted molar refractivity (Wildman–Crippen MR) is 192 cm³/mol. The summed E-state index contributed by atoms with van der Waals surface area (Å²) in [5, 5.41) is 12.4. The number of benzene rings is 2. The maximum atomic E-state index is 13.5. The van der Waals surface area contributed by atoms with Crippen LogP contribution >= 0.6 is 11.6 Å². The Kier molecular flexibility index (Phi) is 10.3. The second-order valence-corrected chi connectivity index (χ2v) is 16.3. The molecule has 9 nitrogen and oxygen atoms in total. The number of hydrogen-bond acceptors (Lipinski definition) is 8. The summed E-state index contributed by atoms with van der Waals surface area (Å²) in [4.78, 5) is 20.4. The molecule has 1 fully saturated rings. The maximum Gasteiger partial charge on any atom is 0.264 e. The normalized spacial score (nSPS) is 29.0. The number of halogens is 1. The van der Waals surface area contributed by atoms with E-state index >= 15 is 0 Å². The van der Waals surface area contributed by atoms with Gasteiger partial charge in [0.25, 0.3) is 5.91 Å². The second kappa shape index (κ2) is 14.3. The van der Waals surface area contributed by atoms with Gasteiger partial charge in [0.05, 0.1) is 30.3 Å². The average molecular weight is 708 g/mol. The number of aryl methyl sites for hydroxylation is 1. The van der Waals surface area contributed by atoms with E-state index in [-0.39, 0.29) is 29.2 Å². The van der Waals surface area contributed by atoms with E-state index < -0.39 is 26.8 Å². The number of methoxy groups -OCH3 is 1. The molecule has 1 amide bonds. The van der Waals surface area contributed by atoms with E-state index in [0.717, 1.165) is 31.4 Å². The highest BCUT2D eigenvalue weighted by Crippen LogP contribution is 2.49. The van der Waals surface area contributed by atoms with Crippen molar-refractivity contribution in [3.05, 3.63) is 94.2 Å². The number of hydrogen-bond donors (Lipinski definition) is 2. The average Bonchev–Trinajstić information content (AvgIpc) is 3.25. The number of pyridine rings is 1. The highest BCUT2D eigenvalue weighted by Gasteiger charge is 2.48. The zero-order valence-corrected chi connectivity index (χ0v) is 30.1. The first-order valence-electron chi connectivity index (χ1n) is 17.2. The fourth-order valence-corrected chi connectivity index (χ4v) is 8.98. The van der Waals surface area contributed by atoms with Crippen LogP contribution < -0.4 is 19.1 Å². The van der Waals surface area contributed by atoms with Crippen molar-refractivity contribution in [2.45, 2.75) is 69.6 Å². The Bertz CT molecular complexity index is 1830. The van der Waals surface area contributed by atoms with Crippen molar-refractivity contribution >= 4 is 33.2 Å². The van der Waals surface area contributed by atoms with E-state index in [2.05, 4.69) is 27.6 Å². The molecular formula is C38H46ClN3O6S. The van der Waals surface area contributed by atoms with Gasteiger partial charge in [-0.15, -0.1) is 0 Å². The first-order valence-corrected chi connectivity index (χ1v) is 19.1. The Hall–Kier alpha value is -3.60. The third-order valence-electron chi connectivity index (χ3n) is 10.7. The Morgan fingerprint density at radius 3 is 2.67 bits per heavy atom. The molecule has 262 valence electrons. The smallest absolute Gasteiger partial charge is 0.264 e. The number of ether oxygens (including phenoxy) is 2. The maximum absolute atomic E-state index is 13.5. The van der Waals surface area contributed by atoms with Crippen LogP contribution in [0.3, 0.4) is 0 Å². The Morgan fingerprint density at radius 1 is 1.12 bits per heavy atom. The van der Waals surface area contributed by atoms with Gasteiger partial charge in [-0.2, -0.15) is 0 Å². The van der Waals surface area contributed by atoms with Crippen molar-refractivity contribution in [2.24, 2.45) is 17.8 Å². The molecule has 3 heterocycles. The molecule has 2 N–H and O–H groups in total. The number of amides is 1. The summed E-state index contributed by atoms with van der Waals surface area (Å²) in [5.74, 6) is -0.0783. The van der Waals surface area contributed by atoms with Crippen molar-refractivity contribution in [2.75, 3.05) is 31.7 Å². The summed E-state index contributed by atoms with van der Waals surface area (Å²) >= 11 is 6.43. The largest absolute Gasteiger partial charge is 0.491 e. The molecule has 3 aromatic rings. The Labute approximate surface area is 294 Å². The fourth-order valence-electron chi connectivity index (χ4n) is 7.50. The third kappa shape index (κ3) is 7.19. The standard InChI is InChI=1S/C38H46ClN3O6S/c1-5-8-26-19-30(39)14-15-31(26)29-22-42-21-28-12-16-32(28)38(44,35-10-6-11-36(40-35)47-4)18-7-9-24(2)25(3)49(45,46)41-37(43)27-13-17-34(48-23-29)33(42)20-27/h6-7,10-11,13-15,17-20,24-25,28-29,32,44H,5,8-9,12,16,21-23H2,1-4H3,(H,41,43)/b18-7+/t24-,25+,28-,29-,32+,38-/m0/s1. The number of carbonyl (C=O) groups excluding carboxylic acids is 1. The summed E-state index contributed by atoms with van der Waals surface area (Å²) in [5.41, 5.74) is 2.38. The molecule has 6 rings (SSSR count). The lowest BCUT2D eigenvalue weighted by Gasteiger charge is -2.48. The number of nitrogens with zero attached hydrogens (tertiary/aromatic N) is 2. The number of fused-ring (bicyclic) bond motifs is 2. The van der Waals surface area contributed by atoms with Gasteiger partial charge in [0.15, 0.2) is 0 Å². The monoisotopic (exact) mass is 707 g/mol. The highest BCUT2D eigenvalue weighted by atomic mass is 35.5. The molecule has 0 unspecified atom stereocenters. The van der Waals surface area contributed by atoms with Gasteiger partial charge in [-0.1, -0.05) is 56.2 Å². The van der Waals surface area contributed by atoms with Gasteiger partial charge in [0.1, 0.15) is 11.4 Å². The van der Waals surface area contributed by atoms with Gasteiger partial charge in [-0.3, -0.25) is 4.79 Å². The van der Waals surface area contributed by atoms with Crippen molar-refractivity contribution in [3.8, 4) is 11.6 Å². The van der Waals surface area contributed by atoms with Gasteiger partial charge in [0, 0.05) is 41.6 Å². The molecule has 2 aliphatic heterocycles. The lowest BCUT2D eigenvalue weighted by atomic mass is 9.63. The molecule has 1 saturated carbocycles. The quantitative estimate of drug-likeness (QED) is 0.284. The predicted octanol–water partition coefficient (Wildman–Crippen LogP) is 6.64. The van der Waals surface area contributed by atoms with E-state index in [1.165, 1.54) is 11.1 Å². The van der Waals surface area contributed by atoms with Crippen LogP contribution in [0.25, 0.3) is 0 Å². The van der Waals surface area contributed by atoms with E-state index in [1.807, 2.05) is 37.3 Å². The first-order chi connectivity index (χ1) is 23.4. The van der Waals surface area contributed by atoms with Crippen LogP contribution in [-0.2, 0) is 22.0 Å². The van der Waals surface area contributed by atoms with Gasteiger partial charge in [-0.25, -0.2) is 18.1 Å². The Balaban J connectivity index is 1.46. The molecule has 6 atom stereocenters. The van der Waals surface area contributed by atoms with Crippen LogP contribution in [0.4, 0.5) is 5.69 Å². The molecule has 1 aliphatic carbocycles. The Morgan fingerprint density at radius 2 is 1.94 bits per heavy atom. The van der Waals surface area contributed by atoms with E-state index in [9.17, 15) is 18.3 Å². The SMILES string of the molecule is CCCc1cc(Cl)ccc1[C@@H]1COc2ccc3cc2N(C1)C[C@@H]1CC[C@H]1[C@](O)(c1cccc(OC)n1)/C=C/C[C@H](C)[C@@H](C)S(=O)(=O)NC3=O. The minimum atomic E-state index is -4.01. The minimum Gasteiger partial charge on any atom is -0.491 e. The highest BCUT2D eigenvalue weighted by molar-refractivity contribution is 7.90. The van der Waals surface area contributed by atoms with Crippen molar-refractivity contribution in [3.63, 3.8) is 0 Å². The molecule has 1 aromatic heterocycles. The topological polar surface area (TPSA) is 118 Å². The van der Waals surface area contributed by atoms with E-state index in [1.54, 1.807) is 44.4 Å². The molecule has 0 saturated heterocycles. The lowest BCUT2D eigenvalue weighted by molar-refractivity contribution is -0.0530. The summed E-state index contributed by atoms with van der Waals surface area (Å²) in [6.07, 6.45) is 7.56. The van der Waals surface area contributed by atoms with Crippen molar-refractivity contribution < 1.29 is 27.8 Å². The van der Waals surface area contributed by atoms with Crippen LogP contribution in [0.15, 0.2) is 66.7 Å². The number of sulfonamides is 1. The lowest BCUT2D eigenvalue weighted by Crippen LogP contribution is -2.49. The molecule has 11 heteroatoms. The van der Waals surface area contributed by atoms with Crippen LogP contribution in [0.5, 0.6) is 11.6 Å². The van der Waals surface area contributed by atoms with E-state index in [4.69, 9.17) is 21.1 Å². The molecule has 2 bridgehead atoms. The molecular weight excluding hydrogens is 662 g/mol. The third-order valence-corrected chi connectivity index (χ3v) is 12.8. The van der Waals surface area contributed by atoms with Gasteiger partial charge >= 0.3 is 0 Å². The molecule has 3 aliphatic rings. The van der Waals surface area contributed by atoms with Crippen LogP contribution in [0.1, 0.15) is 79.6 Å². The summed E-state index contributed by atoms with van der Waals surface area (Å²) < 4.78 is 41.1. The summed E-state index contributed by atoms with van der Waals surface area (Å²) in [6.45, 7) is 7.19. The van der Waals surface area contributed by atoms with Gasteiger partial charge < -0.3 is 19.5 Å². The number of aromatic nitrogens is 1. The first kappa shape index (κ1) is 35.2. The number of aliphatic hydroxyl groups is 1. The van der Waals surface area contributed by atoms with Crippen LogP contribution in [0.2, 0.25) is 5.02 Å². The van der Waals surface area contributed by atoms with Gasteiger partial charge in [-0.05, 0) is 92.0 Å². The molecule has 0 spiro atoms. The molecule has 49 heavy (non-hydrogen) atoms. The van der Waals surface area contributed by atoms with Crippen LogP contribution in [-0.4, -0.2) is 56.5 Å². The number of allylic oxidation sites excluding steroid dienone is 1. The van der Waals surface area contributed by atoms with Crippen molar-refractivity contribution in [1.82, 2.24) is 9.71 Å². The zero-order valence-electron chi connectivity index (χ0n) is 28.6. The number of carbonyl (C=O) groups is 1. The zero-order chi connectivity index (χ0) is 34.9. The minimum absolute atomic E-state index is 0.00541. The number of anilines is 1. The fraction of sp³-hybridized carbons (Fsp3) is 0.474. The van der Waals surface area contributed by atoms with Crippen molar-refractivity contribution in [1.29, 1.82) is 0 Å². The van der Waals surface area contributed by atoms with Gasteiger partial charge in [0.2, 0.25) is 15.9 Å². The number of nitrogens with one attached hydrogen (secondary N) is 1. The van der Waals surface area contributed by atoms with E-state index in [0.29, 0.717) is 48.5 Å². The second-order valence-electron chi connectivity index (χ2n) is 13.8. The number of rotatable bonds is 5.